The van der Waals surface area contributed by atoms with Crippen LogP contribution >= 0.6 is 0 Å². The van der Waals surface area contributed by atoms with Crippen LogP contribution in [0.2, 0.25) is 0 Å². The van der Waals surface area contributed by atoms with Crippen molar-refractivity contribution in [1.29, 1.82) is 0 Å². The highest BCUT2D eigenvalue weighted by Gasteiger charge is 2.39. The van der Waals surface area contributed by atoms with E-state index >= 15 is 0 Å². The van der Waals surface area contributed by atoms with E-state index < -0.39 is 0 Å². The number of nitrogens with one attached hydrogen (secondary N) is 1. The minimum absolute atomic E-state index is 0.0919. The third-order valence-electron chi connectivity index (χ3n) is 5.29. The molecule has 3 rings (SSSR count). The van der Waals surface area contributed by atoms with Crippen LogP contribution in [0.4, 0.5) is 5.88 Å². The van der Waals surface area contributed by atoms with Gasteiger partial charge in [0, 0.05) is 31.6 Å². The van der Waals surface area contributed by atoms with Crippen molar-refractivity contribution >= 4 is 17.7 Å². The topological polar surface area (TPSA) is 78.7 Å². The number of carbonyl (C=O) groups is 2. The van der Waals surface area contributed by atoms with Crippen molar-refractivity contribution in [2.75, 3.05) is 25.0 Å². The molecule has 2 saturated heterocycles. The van der Waals surface area contributed by atoms with Crippen molar-refractivity contribution in [2.24, 2.45) is 0 Å². The summed E-state index contributed by atoms with van der Waals surface area (Å²) >= 11 is 0. The largest absolute Gasteiger partial charge is 0.338 e. The number of rotatable bonds is 5. The summed E-state index contributed by atoms with van der Waals surface area (Å²) in [6.45, 7) is 7.76. The Balaban J connectivity index is 1.59. The number of hydrogen-bond acceptors (Lipinski definition) is 5. The molecule has 0 aliphatic carbocycles. The second kappa shape index (κ2) is 7.56. The molecule has 7 heteroatoms. The van der Waals surface area contributed by atoms with Gasteiger partial charge in [-0.05, 0) is 38.1 Å². The Kier molecular flexibility index (Phi) is 5.42. The lowest BCUT2D eigenvalue weighted by Crippen LogP contribution is -2.49. The van der Waals surface area contributed by atoms with Gasteiger partial charge in [0.15, 0.2) is 0 Å². The number of aromatic nitrogens is 1. The van der Waals surface area contributed by atoms with Crippen LogP contribution in [0.25, 0.3) is 0 Å². The summed E-state index contributed by atoms with van der Waals surface area (Å²) < 4.78 is 5.18. The molecule has 0 aromatic carbocycles. The smallest absolute Gasteiger partial charge is 0.240 e. The van der Waals surface area contributed by atoms with Gasteiger partial charge in [0.2, 0.25) is 17.7 Å². The summed E-state index contributed by atoms with van der Waals surface area (Å²) in [4.78, 5) is 28.4. The summed E-state index contributed by atoms with van der Waals surface area (Å²) in [5.74, 6) is 0.709. The Morgan fingerprint density at radius 1 is 1.28 bits per heavy atom. The Hall–Kier alpha value is -1.89. The highest BCUT2D eigenvalue weighted by molar-refractivity contribution is 5.91. The van der Waals surface area contributed by atoms with Crippen LogP contribution in [0.1, 0.15) is 58.1 Å². The average Bonchev–Trinajstić information content (AvgIpc) is 3.25. The van der Waals surface area contributed by atoms with E-state index in [4.69, 9.17) is 4.52 Å². The molecule has 2 fully saturated rings. The van der Waals surface area contributed by atoms with Crippen molar-refractivity contribution in [2.45, 2.75) is 64.5 Å². The first kappa shape index (κ1) is 17.9. The second-order valence-electron chi connectivity index (χ2n) is 7.42. The highest BCUT2D eigenvalue weighted by Crippen LogP contribution is 2.30. The molecule has 7 nitrogen and oxygen atoms in total. The van der Waals surface area contributed by atoms with Crippen LogP contribution in [0, 0.1) is 0 Å². The molecule has 1 aromatic rings. The highest BCUT2D eigenvalue weighted by atomic mass is 16.5. The van der Waals surface area contributed by atoms with Crippen LogP contribution in [-0.4, -0.2) is 58.5 Å². The minimum atomic E-state index is -0.0919. The number of nitrogens with zero attached hydrogens (tertiary/aromatic N) is 3. The summed E-state index contributed by atoms with van der Waals surface area (Å²) in [5, 5.41) is 6.76. The molecule has 25 heavy (non-hydrogen) atoms. The first-order valence-corrected chi connectivity index (χ1v) is 9.23. The third kappa shape index (κ3) is 4.03. The summed E-state index contributed by atoms with van der Waals surface area (Å²) in [6.07, 6.45) is 4.20. The fourth-order valence-electron chi connectivity index (χ4n) is 4.05. The fourth-order valence-corrected chi connectivity index (χ4v) is 4.05. The molecule has 1 aromatic heterocycles. The first-order chi connectivity index (χ1) is 12.0. The standard InChI is InChI=1S/C18H28N4O3/c1-12(2)14-10-18(25-20-14)19-17(24)11-21-8-4-6-15(21)16-7-5-9-22(16)13(3)23/h10,12,15-16H,4-9,11H2,1-3H3,(H,19,24)/t15-,16-/m0/s1. The summed E-state index contributed by atoms with van der Waals surface area (Å²) in [5.41, 5.74) is 0.831. The van der Waals surface area contributed by atoms with E-state index in [2.05, 4.69) is 15.4 Å². The van der Waals surface area contributed by atoms with E-state index in [1.54, 1.807) is 13.0 Å². The van der Waals surface area contributed by atoms with Gasteiger partial charge in [0.05, 0.1) is 12.2 Å². The van der Waals surface area contributed by atoms with Gasteiger partial charge in [-0.2, -0.15) is 0 Å². The molecule has 2 atom stereocenters. The number of amides is 2. The number of carbonyl (C=O) groups excluding carboxylic acids is 2. The van der Waals surface area contributed by atoms with Gasteiger partial charge in [-0.15, -0.1) is 0 Å². The Labute approximate surface area is 148 Å². The number of likely N-dealkylation sites (tertiary alicyclic amines) is 2. The zero-order chi connectivity index (χ0) is 18.0. The van der Waals surface area contributed by atoms with E-state index in [0.29, 0.717) is 12.4 Å². The third-order valence-corrected chi connectivity index (χ3v) is 5.29. The SMILES string of the molecule is CC(=O)N1CCC[C@H]1[C@@H]1CCCN1CC(=O)Nc1cc(C(C)C)no1. The van der Waals surface area contributed by atoms with Crippen molar-refractivity contribution in [3.05, 3.63) is 11.8 Å². The molecular weight excluding hydrogens is 320 g/mol. The quantitative estimate of drug-likeness (QED) is 0.883. The van der Waals surface area contributed by atoms with Gasteiger partial charge in [0.25, 0.3) is 0 Å². The van der Waals surface area contributed by atoms with E-state index in [9.17, 15) is 9.59 Å². The molecule has 3 heterocycles. The van der Waals surface area contributed by atoms with E-state index in [1.165, 1.54) is 0 Å². The van der Waals surface area contributed by atoms with Crippen LogP contribution in [-0.2, 0) is 9.59 Å². The van der Waals surface area contributed by atoms with Crippen LogP contribution in [0.5, 0.6) is 0 Å². The second-order valence-corrected chi connectivity index (χ2v) is 7.42. The van der Waals surface area contributed by atoms with Gasteiger partial charge in [-0.25, -0.2) is 0 Å². The minimum Gasteiger partial charge on any atom is -0.338 e. The van der Waals surface area contributed by atoms with Crippen LogP contribution in [0.3, 0.4) is 0 Å². The van der Waals surface area contributed by atoms with Gasteiger partial charge >= 0.3 is 0 Å². The lowest BCUT2D eigenvalue weighted by Gasteiger charge is -2.34. The molecule has 0 bridgehead atoms. The van der Waals surface area contributed by atoms with E-state index in [-0.39, 0.29) is 29.8 Å². The lowest BCUT2D eigenvalue weighted by atomic mass is 10.0. The average molecular weight is 348 g/mol. The lowest BCUT2D eigenvalue weighted by molar-refractivity contribution is -0.130. The van der Waals surface area contributed by atoms with Gasteiger partial charge in [0.1, 0.15) is 0 Å². The predicted molar refractivity (Wildman–Crippen MR) is 94.2 cm³/mol. The van der Waals surface area contributed by atoms with Crippen molar-refractivity contribution in [1.82, 2.24) is 15.0 Å². The Morgan fingerprint density at radius 2 is 2.00 bits per heavy atom. The Bertz CT molecular complexity index is 628. The molecule has 2 aliphatic heterocycles. The zero-order valence-electron chi connectivity index (χ0n) is 15.3. The molecule has 0 radical (unpaired) electrons. The van der Waals surface area contributed by atoms with Crippen molar-refractivity contribution in [3.8, 4) is 0 Å². The maximum atomic E-state index is 12.4. The molecule has 138 valence electrons. The maximum Gasteiger partial charge on any atom is 0.240 e. The molecular formula is C18H28N4O3. The normalized spacial score (nSPS) is 24.2. The van der Waals surface area contributed by atoms with E-state index in [0.717, 1.165) is 44.5 Å². The monoisotopic (exact) mass is 348 g/mol. The molecule has 2 amide bonds. The van der Waals surface area contributed by atoms with Gasteiger partial charge in [-0.1, -0.05) is 19.0 Å². The zero-order valence-corrected chi connectivity index (χ0v) is 15.3. The maximum absolute atomic E-state index is 12.4. The molecule has 0 saturated carbocycles. The summed E-state index contributed by atoms with van der Waals surface area (Å²) in [6, 6.07) is 2.29. The summed E-state index contributed by atoms with van der Waals surface area (Å²) in [7, 11) is 0. The molecule has 0 spiro atoms. The van der Waals surface area contributed by atoms with Gasteiger partial charge in [-0.3, -0.25) is 19.8 Å². The van der Waals surface area contributed by atoms with Gasteiger partial charge < -0.3 is 9.42 Å². The number of anilines is 1. The molecule has 0 unspecified atom stereocenters. The predicted octanol–water partition coefficient (Wildman–Crippen LogP) is 2.21. The van der Waals surface area contributed by atoms with Crippen molar-refractivity contribution in [3.63, 3.8) is 0 Å². The molecule has 1 N–H and O–H groups in total. The number of hydrogen-bond donors (Lipinski definition) is 1. The molecule has 2 aliphatic rings. The van der Waals surface area contributed by atoms with E-state index in [1.807, 2.05) is 18.7 Å². The van der Waals surface area contributed by atoms with Crippen molar-refractivity contribution < 1.29 is 14.1 Å². The Morgan fingerprint density at radius 3 is 2.68 bits per heavy atom. The first-order valence-electron chi connectivity index (χ1n) is 9.23. The van der Waals surface area contributed by atoms with Crippen LogP contribution < -0.4 is 5.32 Å². The fraction of sp³-hybridized carbons (Fsp3) is 0.722. The van der Waals surface area contributed by atoms with Crippen LogP contribution in [0.15, 0.2) is 10.6 Å².